The highest BCUT2D eigenvalue weighted by Crippen LogP contribution is 2.60. The maximum Gasteiger partial charge on any atom is 0.256 e. The van der Waals surface area contributed by atoms with E-state index in [1.54, 1.807) is 24.3 Å². The fourth-order valence-corrected chi connectivity index (χ4v) is 15.2. The standard InChI is InChI=1S/C91H75BN2O/c1-88(2,3)65-44-48-79-74(52-65)75-53-66(89(4,5)6)45-49-80(75)93(79)68-56-82-86-84(57-68)95-83-51-61(58-28-15-10-16-29-58)42-47-78(83)92(86)77-46-43-62(50-81(77)94(82)87-72(59-30-17-11-18-31-59)54-67(90(7,8)9)55-73(87)60-32-19-12-20-33-60)69-39-27-40-71-70-38-25-26-41-76(70)91(85(69)71,63-34-21-13-22-35-63)64-36-23-14-24-37-64/h10-57H,1-9H3/i10D,13D,14D,15D,16D,21D,22D,23D,24D,28D,29D,34D,35D,36D,37D. The number of hydrogen-bond acceptors (Lipinski definition) is 2. The lowest BCUT2D eigenvalue weighted by Crippen LogP contribution is -2.59. The van der Waals surface area contributed by atoms with Crippen LogP contribution in [0, 0.1) is 0 Å². The van der Waals surface area contributed by atoms with Crippen LogP contribution in [0.5, 0.6) is 11.5 Å². The second-order valence-electron chi connectivity index (χ2n) is 28.5. The van der Waals surface area contributed by atoms with Crippen molar-refractivity contribution in [3.63, 3.8) is 0 Å². The van der Waals surface area contributed by atoms with Crippen LogP contribution in [-0.2, 0) is 21.7 Å². The Morgan fingerprint density at radius 1 is 0.379 bits per heavy atom. The predicted molar refractivity (Wildman–Crippen MR) is 402 cm³/mol. The highest BCUT2D eigenvalue weighted by Gasteiger charge is 2.49. The van der Waals surface area contributed by atoms with E-state index in [2.05, 4.69) is 169 Å². The Morgan fingerprint density at radius 2 is 0.905 bits per heavy atom. The Bertz CT molecular complexity index is 6060. The molecule has 14 aromatic rings. The van der Waals surface area contributed by atoms with Crippen LogP contribution in [0.2, 0.25) is 0 Å². The number of hydrogen-bond donors (Lipinski definition) is 0. The Labute approximate surface area is 580 Å². The fraction of sp³-hybridized carbons (Fsp3) is 0.143. The van der Waals surface area contributed by atoms with Crippen LogP contribution in [0.4, 0.5) is 17.1 Å². The minimum atomic E-state index is -2.19. The Balaban J connectivity index is 1.06. The topological polar surface area (TPSA) is 17.4 Å². The van der Waals surface area contributed by atoms with Crippen molar-refractivity contribution in [2.45, 2.75) is 84.0 Å². The fourth-order valence-electron chi connectivity index (χ4n) is 15.2. The smallest absolute Gasteiger partial charge is 0.256 e. The number of rotatable bonds is 8. The van der Waals surface area contributed by atoms with Gasteiger partial charge in [0.05, 0.1) is 48.4 Å². The molecule has 458 valence electrons. The van der Waals surface area contributed by atoms with E-state index in [1.807, 2.05) is 78.9 Å². The average molecular weight is 1240 g/mol. The van der Waals surface area contributed by atoms with Gasteiger partial charge in [-0.15, -0.1) is 0 Å². The molecule has 0 amide bonds. The van der Waals surface area contributed by atoms with E-state index < -0.39 is 90.7 Å². The van der Waals surface area contributed by atoms with E-state index in [4.69, 9.17) is 11.6 Å². The molecular weight excluding hydrogens is 1150 g/mol. The van der Waals surface area contributed by atoms with Gasteiger partial charge in [-0.25, -0.2) is 0 Å². The van der Waals surface area contributed by atoms with Crippen molar-refractivity contribution >= 4 is 62.0 Å². The zero-order valence-corrected chi connectivity index (χ0v) is 54.4. The van der Waals surface area contributed by atoms with Gasteiger partial charge in [-0.2, -0.15) is 0 Å². The van der Waals surface area contributed by atoms with E-state index in [9.17, 15) is 13.7 Å². The summed E-state index contributed by atoms with van der Waals surface area (Å²) in [6, 6.07) is 59.0. The molecule has 0 radical (unpaired) electrons. The van der Waals surface area contributed by atoms with Crippen molar-refractivity contribution < 1.29 is 25.3 Å². The van der Waals surface area contributed by atoms with Crippen LogP contribution in [0.15, 0.2) is 291 Å². The van der Waals surface area contributed by atoms with Gasteiger partial charge in [-0.1, -0.05) is 292 Å². The lowest BCUT2D eigenvalue weighted by molar-refractivity contribution is 0.487. The number of fused-ring (bicyclic) bond motifs is 10. The van der Waals surface area contributed by atoms with Gasteiger partial charge in [-0.05, 0) is 171 Å². The maximum absolute atomic E-state index is 10.0. The van der Waals surface area contributed by atoms with Crippen molar-refractivity contribution in [1.29, 1.82) is 0 Å². The van der Waals surface area contributed by atoms with E-state index in [0.29, 0.717) is 61.6 Å². The van der Waals surface area contributed by atoms with Gasteiger partial charge >= 0.3 is 0 Å². The summed E-state index contributed by atoms with van der Waals surface area (Å²) >= 11 is 0. The summed E-state index contributed by atoms with van der Waals surface area (Å²) in [5.41, 5.74) is 13.8. The molecule has 0 saturated carbocycles. The molecule has 17 rings (SSSR count). The Kier molecular flexibility index (Phi) is 10.1. The molecule has 0 atom stereocenters. The second-order valence-corrected chi connectivity index (χ2v) is 28.5. The summed E-state index contributed by atoms with van der Waals surface area (Å²) < 4.78 is 150. The summed E-state index contributed by atoms with van der Waals surface area (Å²) in [6.45, 7) is 19.3. The average Bonchev–Trinajstić information content (AvgIpc) is 1.44. The molecule has 0 fully saturated rings. The second kappa shape index (κ2) is 21.7. The monoisotopic (exact) mass is 1240 g/mol. The summed E-state index contributed by atoms with van der Waals surface area (Å²) in [7, 11) is 0. The van der Waals surface area contributed by atoms with Crippen LogP contribution < -0.4 is 26.0 Å². The van der Waals surface area contributed by atoms with Gasteiger partial charge in [0.15, 0.2) is 0 Å². The van der Waals surface area contributed by atoms with Gasteiger partial charge in [0.1, 0.15) is 11.5 Å². The van der Waals surface area contributed by atoms with Crippen molar-refractivity contribution in [3.05, 3.63) is 330 Å². The van der Waals surface area contributed by atoms with E-state index in [1.165, 1.54) is 0 Å². The summed E-state index contributed by atoms with van der Waals surface area (Å²) in [5, 5.41) is 2.11. The quantitative estimate of drug-likeness (QED) is 0.141. The van der Waals surface area contributed by atoms with Crippen LogP contribution in [0.1, 0.15) is 122 Å². The van der Waals surface area contributed by atoms with Crippen molar-refractivity contribution in [2.75, 3.05) is 4.90 Å². The number of anilines is 3. The van der Waals surface area contributed by atoms with Gasteiger partial charge < -0.3 is 14.2 Å². The molecule has 2 aliphatic heterocycles. The van der Waals surface area contributed by atoms with Crippen LogP contribution in [0.3, 0.4) is 0 Å². The highest BCUT2D eigenvalue weighted by atomic mass is 16.5. The highest BCUT2D eigenvalue weighted by molar-refractivity contribution is 6.99. The molecule has 0 bridgehead atoms. The number of aromatic nitrogens is 1. The van der Waals surface area contributed by atoms with Crippen LogP contribution >= 0.6 is 0 Å². The molecule has 1 aromatic heterocycles. The zero-order valence-electron chi connectivity index (χ0n) is 69.4. The largest absolute Gasteiger partial charge is 0.458 e. The third-order valence-electron chi connectivity index (χ3n) is 19.8. The molecule has 4 heteroatoms. The summed E-state index contributed by atoms with van der Waals surface area (Å²) in [6.07, 6.45) is 0. The SMILES string of the molecule is [2H]c1c([2H])c([2H])c(-c2ccc3c(c2)Oc2cc(-n4c5ccc(C(C)(C)C)cc5c5cc(C(C)(C)C)ccc54)cc4c2B3c2ccc(-c3cccc5c3C(c3c([2H])c([2H])c([2H])c([2H])c3[2H])(c3c([2H])c([2H])c([2H])c([2H])c3[2H])c3ccccc3-5)cc2N4c2c(-c3ccccc3)cc(C(C)(C)C)cc2-c2ccccc2)c([2H])c1[2H]. The Morgan fingerprint density at radius 3 is 1.49 bits per heavy atom. The van der Waals surface area contributed by atoms with Gasteiger partial charge in [0.25, 0.3) is 6.71 Å². The summed E-state index contributed by atoms with van der Waals surface area (Å²) in [5.74, 6) is 0.880. The molecule has 3 heterocycles. The summed E-state index contributed by atoms with van der Waals surface area (Å²) in [4.78, 5) is 2.35. The Hall–Kier alpha value is -10.7. The van der Waals surface area contributed by atoms with Crippen molar-refractivity contribution in [3.8, 4) is 72.8 Å². The minimum absolute atomic E-state index is 0.0125. The van der Waals surface area contributed by atoms with Gasteiger partial charge in [0, 0.05) is 39.3 Å². The van der Waals surface area contributed by atoms with Gasteiger partial charge in [0.2, 0.25) is 0 Å². The lowest BCUT2D eigenvalue weighted by Gasteiger charge is -2.42. The molecule has 95 heavy (non-hydrogen) atoms. The first-order chi connectivity index (χ1) is 52.2. The number of ether oxygens (including phenoxy) is 1. The predicted octanol–water partition coefficient (Wildman–Crippen LogP) is 22.1. The molecule has 0 spiro atoms. The zero-order chi connectivity index (χ0) is 77.8. The molecule has 13 aromatic carbocycles. The first-order valence-electron chi connectivity index (χ1n) is 40.0. The third kappa shape index (κ3) is 9.23. The molecule has 0 saturated heterocycles. The molecule has 1 aliphatic carbocycles. The first kappa shape index (κ1) is 44.0. The van der Waals surface area contributed by atoms with E-state index in [0.717, 1.165) is 88.7 Å². The molecule has 0 N–H and O–H groups in total. The molecule has 3 nitrogen and oxygen atoms in total. The normalized spacial score (nSPS) is 15.9. The maximum atomic E-state index is 10.0. The van der Waals surface area contributed by atoms with E-state index >= 15 is 0 Å². The minimum Gasteiger partial charge on any atom is -0.458 e. The van der Waals surface area contributed by atoms with E-state index in [-0.39, 0.29) is 45.0 Å². The first-order valence-corrected chi connectivity index (χ1v) is 32.5. The lowest BCUT2D eigenvalue weighted by atomic mass is 9.34. The van der Waals surface area contributed by atoms with Crippen molar-refractivity contribution in [1.82, 2.24) is 4.57 Å². The third-order valence-corrected chi connectivity index (χ3v) is 19.8. The van der Waals surface area contributed by atoms with Crippen LogP contribution in [0.25, 0.3) is 83.1 Å². The van der Waals surface area contributed by atoms with Crippen molar-refractivity contribution in [2.24, 2.45) is 0 Å². The molecule has 3 aliphatic rings. The molecular formula is C91H75BN2O. The molecule has 0 unspecified atom stereocenters. The number of nitrogens with zero attached hydrogens (tertiary/aromatic N) is 2. The number of benzene rings is 13. The van der Waals surface area contributed by atoms with Gasteiger partial charge in [-0.3, -0.25) is 0 Å². The van der Waals surface area contributed by atoms with Crippen LogP contribution in [-0.4, -0.2) is 11.3 Å².